The van der Waals surface area contributed by atoms with Crippen LogP contribution in [0.15, 0.2) is 23.3 Å². The highest BCUT2D eigenvalue weighted by atomic mass is 35.5. The summed E-state index contributed by atoms with van der Waals surface area (Å²) in [6, 6.07) is 3.31. The fourth-order valence-corrected chi connectivity index (χ4v) is 3.59. The van der Waals surface area contributed by atoms with E-state index in [1.165, 1.54) is 12.1 Å². The summed E-state index contributed by atoms with van der Waals surface area (Å²) >= 11 is 12.2. The summed E-state index contributed by atoms with van der Waals surface area (Å²) in [4.78, 5) is 20.0. The van der Waals surface area contributed by atoms with Gasteiger partial charge in [-0.2, -0.15) is 5.10 Å². The monoisotopic (exact) mass is 424 g/mol. The predicted octanol–water partition coefficient (Wildman–Crippen LogP) is 5.66. The Hall–Kier alpha value is -2.71. The number of anilines is 1. The van der Waals surface area contributed by atoms with E-state index in [1.807, 2.05) is 27.7 Å². The van der Waals surface area contributed by atoms with Crippen LogP contribution in [-0.4, -0.2) is 16.1 Å². The molecule has 28 heavy (non-hydrogen) atoms. The van der Waals surface area contributed by atoms with E-state index in [0.717, 1.165) is 39.4 Å². The molecule has 0 bridgehead atoms. The van der Waals surface area contributed by atoms with E-state index >= 15 is 0 Å². The van der Waals surface area contributed by atoms with Crippen LogP contribution in [0.5, 0.6) is 0 Å². The SMILES string of the molecule is Cc1c(C)c(C(Cl)Cl)c(C)c(C)c1/C=N/Nc1ccc([N+](=O)[O-])cc1[N+](=O)[O-]. The molecule has 0 saturated heterocycles. The molecule has 0 heterocycles. The van der Waals surface area contributed by atoms with Crippen molar-refractivity contribution < 1.29 is 9.85 Å². The zero-order valence-electron chi connectivity index (χ0n) is 15.6. The minimum atomic E-state index is -0.703. The Morgan fingerprint density at radius 3 is 2.04 bits per heavy atom. The smallest absolute Gasteiger partial charge is 0.272 e. The number of alkyl halides is 2. The van der Waals surface area contributed by atoms with Crippen molar-refractivity contribution in [2.24, 2.45) is 5.10 Å². The Kier molecular flexibility index (Phi) is 6.58. The lowest BCUT2D eigenvalue weighted by molar-refractivity contribution is -0.393. The van der Waals surface area contributed by atoms with E-state index in [9.17, 15) is 20.2 Å². The molecule has 2 rings (SSSR count). The lowest BCUT2D eigenvalue weighted by atomic mass is 9.90. The summed E-state index contributed by atoms with van der Waals surface area (Å²) in [6.45, 7) is 7.66. The number of hydrogen-bond acceptors (Lipinski definition) is 6. The van der Waals surface area contributed by atoms with Gasteiger partial charge in [0.05, 0.1) is 22.1 Å². The number of hydrazone groups is 1. The Bertz CT molecular complexity index is 961. The van der Waals surface area contributed by atoms with Gasteiger partial charge in [-0.3, -0.25) is 25.7 Å². The number of nitro benzene ring substituents is 2. The van der Waals surface area contributed by atoms with Crippen LogP contribution in [0.4, 0.5) is 17.1 Å². The van der Waals surface area contributed by atoms with Crippen LogP contribution in [0.3, 0.4) is 0 Å². The molecule has 2 aromatic carbocycles. The topological polar surface area (TPSA) is 111 Å². The van der Waals surface area contributed by atoms with E-state index in [-0.39, 0.29) is 11.4 Å². The van der Waals surface area contributed by atoms with Gasteiger partial charge in [-0.05, 0) is 61.6 Å². The van der Waals surface area contributed by atoms with Gasteiger partial charge in [-0.25, -0.2) is 0 Å². The second-order valence-corrected chi connectivity index (χ2v) is 7.31. The molecular weight excluding hydrogens is 407 g/mol. The number of nitrogens with zero attached hydrogens (tertiary/aromatic N) is 3. The van der Waals surface area contributed by atoms with Gasteiger partial charge in [0.2, 0.25) is 0 Å². The molecule has 2 aromatic rings. The summed E-state index contributed by atoms with van der Waals surface area (Å²) in [5, 5.41) is 26.1. The fraction of sp³-hybridized carbons (Fsp3) is 0.278. The van der Waals surface area contributed by atoms with Crippen molar-refractivity contribution in [2.45, 2.75) is 32.5 Å². The van der Waals surface area contributed by atoms with Crippen LogP contribution in [0, 0.1) is 47.9 Å². The number of halogens is 2. The molecule has 148 valence electrons. The first kappa shape index (κ1) is 21.6. The zero-order chi connectivity index (χ0) is 21.2. The number of rotatable bonds is 6. The van der Waals surface area contributed by atoms with Crippen molar-refractivity contribution in [2.75, 3.05) is 5.43 Å². The summed E-state index contributed by atoms with van der Waals surface area (Å²) in [5.41, 5.74) is 7.30. The summed E-state index contributed by atoms with van der Waals surface area (Å²) in [5.74, 6) is 0. The minimum Gasteiger partial charge on any atom is -0.272 e. The summed E-state index contributed by atoms with van der Waals surface area (Å²) in [7, 11) is 0. The molecule has 0 amide bonds. The molecule has 0 saturated carbocycles. The molecule has 1 N–H and O–H groups in total. The van der Waals surface area contributed by atoms with Crippen molar-refractivity contribution >= 4 is 46.5 Å². The lowest BCUT2D eigenvalue weighted by Crippen LogP contribution is -2.06. The van der Waals surface area contributed by atoms with Crippen LogP contribution < -0.4 is 5.43 Å². The standard InChI is InChI=1S/C18H18Cl2N4O4/c1-9-11(3)17(18(19)20)12(4)10(2)14(9)8-21-22-15-6-5-13(23(25)26)7-16(15)24(27)28/h5-8,18,22H,1-4H3/b21-8+. The van der Waals surface area contributed by atoms with Crippen molar-refractivity contribution in [3.63, 3.8) is 0 Å². The van der Waals surface area contributed by atoms with E-state index in [1.54, 1.807) is 6.21 Å². The Morgan fingerprint density at radius 2 is 1.57 bits per heavy atom. The van der Waals surface area contributed by atoms with Crippen LogP contribution in [0.1, 0.15) is 38.2 Å². The molecular formula is C18H18Cl2N4O4. The van der Waals surface area contributed by atoms with Gasteiger partial charge in [0, 0.05) is 11.6 Å². The highest BCUT2D eigenvalue weighted by Crippen LogP contribution is 2.35. The maximum atomic E-state index is 11.2. The highest BCUT2D eigenvalue weighted by Gasteiger charge is 2.20. The number of benzene rings is 2. The molecule has 0 radical (unpaired) electrons. The molecule has 0 unspecified atom stereocenters. The average molecular weight is 425 g/mol. The first-order valence-corrected chi connectivity index (χ1v) is 9.03. The zero-order valence-corrected chi connectivity index (χ0v) is 17.1. The van der Waals surface area contributed by atoms with Gasteiger partial charge in [0.1, 0.15) is 10.5 Å². The van der Waals surface area contributed by atoms with E-state index in [4.69, 9.17) is 23.2 Å². The average Bonchev–Trinajstić information content (AvgIpc) is 2.62. The molecule has 0 aliphatic rings. The van der Waals surface area contributed by atoms with Gasteiger partial charge in [0.25, 0.3) is 5.69 Å². The molecule has 10 heteroatoms. The Balaban J connectivity index is 2.41. The third-order valence-electron chi connectivity index (χ3n) is 4.73. The summed E-state index contributed by atoms with van der Waals surface area (Å²) < 4.78 is 0. The van der Waals surface area contributed by atoms with Gasteiger partial charge in [0.15, 0.2) is 0 Å². The molecule has 0 aliphatic carbocycles. The Morgan fingerprint density at radius 1 is 1.00 bits per heavy atom. The maximum absolute atomic E-state index is 11.2. The van der Waals surface area contributed by atoms with E-state index in [2.05, 4.69) is 10.5 Å². The van der Waals surface area contributed by atoms with Gasteiger partial charge < -0.3 is 0 Å². The van der Waals surface area contributed by atoms with Crippen molar-refractivity contribution in [3.8, 4) is 0 Å². The van der Waals surface area contributed by atoms with Crippen molar-refractivity contribution in [3.05, 3.63) is 71.8 Å². The molecule has 0 aliphatic heterocycles. The minimum absolute atomic E-state index is 0.0498. The van der Waals surface area contributed by atoms with Crippen molar-refractivity contribution in [1.29, 1.82) is 0 Å². The normalized spacial score (nSPS) is 11.2. The van der Waals surface area contributed by atoms with E-state index in [0.29, 0.717) is 0 Å². The highest BCUT2D eigenvalue weighted by molar-refractivity contribution is 6.44. The molecule has 0 fully saturated rings. The quantitative estimate of drug-likeness (QED) is 0.278. The number of nitrogens with one attached hydrogen (secondary N) is 1. The van der Waals surface area contributed by atoms with Gasteiger partial charge in [-0.1, -0.05) is 0 Å². The maximum Gasteiger partial charge on any atom is 0.301 e. The summed E-state index contributed by atoms with van der Waals surface area (Å²) in [6.07, 6.45) is 1.55. The third-order valence-corrected chi connectivity index (χ3v) is 5.16. The lowest BCUT2D eigenvalue weighted by Gasteiger charge is -2.19. The number of nitro groups is 2. The number of hydrogen-bond donors (Lipinski definition) is 1. The van der Waals surface area contributed by atoms with Gasteiger partial charge in [-0.15, -0.1) is 23.2 Å². The second kappa shape index (κ2) is 8.53. The van der Waals surface area contributed by atoms with E-state index < -0.39 is 20.4 Å². The molecule has 0 spiro atoms. The Labute approximate surface area is 171 Å². The third kappa shape index (κ3) is 4.23. The van der Waals surface area contributed by atoms with Crippen LogP contribution in [0.2, 0.25) is 0 Å². The molecule has 8 nitrogen and oxygen atoms in total. The van der Waals surface area contributed by atoms with Crippen LogP contribution in [0.25, 0.3) is 0 Å². The fourth-order valence-electron chi connectivity index (χ4n) is 2.94. The number of non-ortho nitro benzene ring substituents is 1. The predicted molar refractivity (Wildman–Crippen MR) is 111 cm³/mol. The first-order valence-electron chi connectivity index (χ1n) is 8.16. The first-order chi connectivity index (χ1) is 13.1. The second-order valence-electron chi connectivity index (χ2n) is 6.21. The van der Waals surface area contributed by atoms with Crippen molar-refractivity contribution in [1.82, 2.24) is 0 Å². The largest absolute Gasteiger partial charge is 0.301 e. The molecule has 0 aromatic heterocycles. The molecule has 0 atom stereocenters. The van der Waals surface area contributed by atoms with Crippen LogP contribution >= 0.6 is 23.2 Å². The van der Waals surface area contributed by atoms with Crippen LogP contribution in [-0.2, 0) is 0 Å². The van der Waals surface area contributed by atoms with Gasteiger partial charge >= 0.3 is 5.69 Å².